The summed E-state index contributed by atoms with van der Waals surface area (Å²) in [4.78, 5) is 11.9. The zero-order valence-corrected chi connectivity index (χ0v) is 15.2. The molecule has 0 spiro atoms. The van der Waals surface area contributed by atoms with E-state index in [1.54, 1.807) is 0 Å². The zero-order chi connectivity index (χ0) is 16.9. The molecule has 3 heteroatoms. The molecule has 5 aliphatic rings. The van der Waals surface area contributed by atoms with E-state index in [2.05, 4.69) is 20.8 Å². The minimum Gasteiger partial charge on any atom is -0.389 e. The molecule has 0 radical (unpaired) electrons. The second kappa shape index (κ2) is 4.54. The number of hydrogen-bond donors (Lipinski definition) is 1. The molecule has 24 heavy (non-hydrogen) atoms. The Balaban J connectivity index is 1.57. The number of ketones is 1. The monoisotopic (exact) mass is 330 g/mol. The fraction of sp³-hybridized carbons (Fsp3) is 0.857. The fourth-order valence-corrected chi connectivity index (χ4v) is 7.63. The third-order valence-electron chi connectivity index (χ3n) is 9.12. The van der Waals surface area contributed by atoms with Gasteiger partial charge in [-0.2, -0.15) is 0 Å². The maximum Gasteiger partial charge on any atom is 0.155 e. The van der Waals surface area contributed by atoms with E-state index in [0.717, 1.165) is 32.1 Å². The highest BCUT2D eigenvalue weighted by Gasteiger charge is 2.76. The van der Waals surface area contributed by atoms with E-state index in [0.29, 0.717) is 36.1 Å². The van der Waals surface area contributed by atoms with Crippen LogP contribution in [0.3, 0.4) is 0 Å². The number of carbonyl (C=O) groups excluding carboxylic acids is 1. The highest BCUT2D eigenvalue weighted by Crippen LogP contribution is 2.72. The number of rotatable bonds is 1. The molecule has 3 saturated carbocycles. The highest BCUT2D eigenvalue weighted by molar-refractivity contribution is 5.91. The SMILES string of the molecule is CC[C@]1(O)CC[C@H]2[C@@H]3CCC4=CC(=O)CC[C@]4(C)[C@H]3[C@@H]3O[C@@H]3[C@@]21C. The average molecular weight is 330 g/mol. The Hall–Kier alpha value is -0.670. The molecule has 0 aromatic carbocycles. The van der Waals surface area contributed by atoms with Crippen LogP contribution >= 0.6 is 0 Å². The van der Waals surface area contributed by atoms with E-state index in [1.807, 2.05) is 6.08 Å². The van der Waals surface area contributed by atoms with Crippen LogP contribution in [0.15, 0.2) is 11.6 Å². The van der Waals surface area contributed by atoms with E-state index in [1.165, 1.54) is 12.0 Å². The van der Waals surface area contributed by atoms with Gasteiger partial charge in [-0.05, 0) is 67.8 Å². The van der Waals surface area contributed by atoms with E-state index in [9.17, 15) is 9.90 Å². The van der Waals surface area contributed by atoms with Gasteiger partial charge in [0.05, 0.1) is 17.8 Å². The summed E-state index contributed by atoms with van der Waals surface area (Å²) < 4.78 is 6.33. The molecular weight excluding hydrogens is 300 g/mol. The molecule has 0 unspecified atom stereocenters. The molecule has 1 heterocycles. The van der Waals surface area contributed by atoms with Gasteiger partial charge in [0.15, 0.2) is 5.78 Å². The van der Waals surface area contributed by atoms with Crippen LogP contribution in [0.4, 0.5) is 0 Å². The van der Waals surface area contributed by atoms with Gasteiger partial charge in [-0.1, -0.05) is 26.3 Å². The third kappa shape index (κ3) is 1.60. The number of fused-ring (bicyclic) bond motifs is 8. The summed E-state index contributed by atoms with van der Waals surface area (Å²) in [5.41, 5.74) is 0.906. The van der Waals surface area contributed by atoms with Gasteiger partial charge in [-0.25, -0.2) is 0 Å². The fourth-order valence-electron chi connectivity index (χ4n) is 7.63. The maximum absolute atomic E-state index is 11.9. The maximum atomic E-state index is 11.9. The van der Waals surface area contributed by atoms with E-state index in [-0.39, 0.29) is 16.9 Å². The Morgan fingerprint density at radius 3 is 2.79 bits per heavy atom. The Kier molecular flexibility index (Phi) is 2.94. The van der Waals surface area contributed by atoms with E-state index < -0.39 is 5.60 Å². The van der Waals surface area contributed by atoms with Gasteiger partial charge in [-0.15, -0.1) is 0 Å². The van der Waals surface area contributed by atoms with Crippen molar-refractivity contribution in [3.05, 3.63) is 11.6 Å². The Morgan fingerprint density at radius 2 is 2.04 bits per heavy atom. The van der Waals surface area contributed by atoms with Crippen molar-refractivity contribution in [2.75, 3.05) is 0 Å². The Bertz CT molecular complexity index is 639. The van der Waals surface area contributed by atoms with Crippen LogP contribution in [0.25, 0.3) is 0 Å². The molecule has 0 aromatic heterocycles. The first-order valence-electron chi connectivity index (χ1n) is 9.97. The molecule has 1 N–H and O–H groups in total. The summed E-state index contributed by atoms with van der Waals surface area (Å²) in [5.74, 6) is 2.09. The summed E-state index contributed by atoms with van der Waals surface area (Å²) in [5, 5.41) is 11.3. The van der Waals surface area contributed by atoms with Gasteiger partial charge in [0.25, 0.3) is 0 Å². The lowest BCUT2D eigenvalue weighted by Crippen LogP contribution is -2.58. The molecule has 4 fully saturated rings. The van der Waals surface area contributed by atoms with Crippen molar-refractivity contribution < 1.29 is 14.6 Å². The predicted octanol–water partition coefficient (Wildman–Crippen LogP) is 3.65. The summed E-state index contributed by atoms with van der Waals surface area (Å²) in [6.07, 6.45) is 9.32. The summed E-state index contributed by atoms with van der Waals surface area (Å²) >= 11 is 0. The number of allylic oxidation sites excluding steroid dienone is 1. The molecule has 1 aliphatic heterocycles. The standard InChI is InChI=1S/C21H30O3/c1-4-21(23)10-8-15-14-6-5-12-11-13(22)7-9-19(12,2)16(14)17-18(24-17)20(15,21)3/h11,14-18,23H,4-10H2,1-3H3/t14-,15-,16+,17-,18-,19-,20+,21-/m0/s1. The van der Waals surface area contributed by atoms with E-state index >= 15 is 0 Å². The van der Waals surface area contributed by atoms with Gasteiger partial charge >= 0.3 is 0 Å². The second-order valence-corrected chi connectivity index (χ2v) is 9.62. The van der Waals surface area contributed by atoms with Gasteiger partial charge in [0, 0.05) is 11.8 Å². The summed E-state index contributed by atoms with van der Waals surface area (Å²) in [6, 6.07) is 0. The molecule has 4 aliphatic carbocycles. The minimum absolute atomic E-state index is 0.0738. The smallest absolute Gasteiger partial charge is 0.155 e. The third-order valence-corrected chi connectivity index (χ3v) is 9.12. The van der Waals surface area contributed by atoms with Crippen LogP contribution in [0.2, 0.25) is 0 Å². The van der Waals surface area contributed by atoms with Gasteiger partial charge in [0.1, 0.15) is 0 Å². The first kappa shape index (κ1) is 15.6. The van der Waals surface area contributed by atoms with Crippen LogP contribution in [0, 0.1) is 28.6 Å². The van der Waals surface area contributed by atoms with Crippen LogP contribution in [-0.4, -0.2) is 28.7 Å². The normalized spacial score (nSPS) is 58.2. The molecule has 0 bridgehead atoms. The van der Waals surface area contributed by atoms with Crippen molar-refractivity contribution in [3.8, 4) is 0 Å². The number of aliphatic hydroxyl groups is 1. The lowest BCUT2D eigenvalue weighted by molar-refractivity contribution is -0.121. The quantitative estimate of drug-likeness (QED) is 0.747. The minimum atomic E-state index is -0.554. The molecule has 3 nitrogen and oxygen atoms in total. The average Bonchev–Trinajstić information content (AvgIpc) is 3.30. The largest absolute Gasteiger partial charge is 0.389 e. The van der Waals surface area contributed by atoms with Crippen LogP contribution in [0.1, 0.15) is 65.7 Å². The molecule has 8 atom stereocenters. The number of carbonyl (C=O) groups is 1. The topological polar surface area (TPSA) is 49.8 Å². The van der Waals surface area contributed by atoms with Crippen molar-refractivity contribution in [3.63, 3.8) is 0 Å². The lowest BCUT2D eigenvalue weighted by Gasteiger charge is -2.57. The molecule has 1 saturated heterocycles. The predicted molar refractivity (Wildman–Crippen MR) is 91.4 cm³/mol. The Morgan fingerprint density at radius 1 is 1.25 bits per heavy atom. The molecule has 132 valence electrons. The molecule has 0 amide bonds. The van der Waals surface area contributed by atoms with Crippen molar-refractivity contribution in [2.24, 2.45) is 28.6 Å². The number of epoxide rings is 1. The molecule has 5 rings (SSSR count). The lowest BCUT2D eigenvalue weighted by atomic mass is 9.46. The molecule has 0 aromatic rings. The van der Waals surface area contributed by atoms with Crippen LogP contribution in [0.5, 0.6) is 0 Å². The summed E-state index contributed by atoms with van der Waals surface area (Å²) in [6.45, 7) is 6.84. The van der Waals surface area contributed by atoms with Crippen molar-refractivity contribution in [1.82, 2.24) is 0 Å². The van der Waals surface area contributed by atoms with Crippen molar-refractivity contribution in [2.45, 2.75) is 83.5 Å². The van der Waals surface area contributed by atoms with Crippen molar-refractivity contribution >= 4 is 5.78 Å². The number of ether oxygens (including phenoxy) is 1. The van der Waals surface area contributed by atoms with Crippen LogP contribution in [-0.2, 0) is 9.53 Å². The van der Waals surface area contributed by atoms with Crippen molar-refractivity contribution in [1.29, 1.82) is 0 Å². The van der Waals surface area contributed by atoms with Gasteiger partial charge < -0.3 is 9.84 Å². The zero-order valence-electron chi connectivity index (χ0n) is 15.2. The van der Waals surface area contributed by atoms with Crippen LogP contribution < -0.4 is 0 Å². The van der Waals surface area contributed by atoms with Gasteiger partial charge in [0.2, 0.25) is 0 Å². The second-order valence-electron chi connectivity index (χ2n) is 9.62. The van der Waals surface area contributed by atoms with Gasteiger partial charge in [-0.3, -0.25) is 4.79 Å². The van der Waals surface area contributed by atoms with E-state index in [4.69, 9.17) is 4.74 Å². The first-order chi connectivity index (χ1) is 11.3. The first-order valence-corrected chi connectivity index (χ1v) is 9.97. The highest BCUT2D eigenvalue weighted by atomic mass is 16.6. The Labute approximate surface area is 144 Å². The summed E-state index contributed by atoms with van der Waals surface area (Å²) in [7, 11) is 0. The molecular formula is C21H30O3. The number of hydrogen-bond acceptors (Lipinski definition) is 3.